The first-order valence-corrected chi connectivity index (χ1v) is 33.0. The lowest BCUT2D eigenvalue weighted by molar-refractivity contribution is -0.118. The molecule has 21 heteroatoms. The number of aromatic nitrogens is 1. The van der Waals surface area contributed by atoms with Crippen LogP contribution in [0.15, 0.2) is 102 Å². The maximum absolute atomic E-state index is 16.2. The molecule has 1 aromatic heterocycles. The van der Waals surface area contributed by atoms with E-state index >= 15 is 8.78 Å². The normalized spacial score (nSPS) is 17.3. The van der Waals surface area contributed by atoms with E-state index in [1.807, 2.05) is 77.9 Å². The van der Waals surface area contributed by atoms with Crippen LogP contribution < -0.4 is 35.9 Å². The first-order chi connectivity index (χ1) is 45.7. The molecule has 1 unspecified atom stereocenters. The highest BCUT2D eigenvalue weighted by atomic mass is 35.5. The van der Waals surface area contributed by atoms with Gasteiger partial charge in [-0.15, -0.1) is 0 Å². The Hall–Kier alpha value is -7.58. The number of nitriles is 1. The Balaban J connectivity index is 0.698. The van der Waals surface area contributed by atoms with Gasteiger partial charge in [0.25, 0.3) is 11.5 Å². The van der Waals surface area contributed by atoms with Crippen molar-refractivity contribution >= 4 is 40.6 Å². The van der Waals surface area contributed by atoms with Gasteiger partial charge < -0.3 is 63.7 Å². The molecule has 2 aliphatic heterocycles. The van der Waals surface area contributed by atoms with Crippen molar-refractivity contribution in [3.05, 3.63) is 174 Å². The van der Waals surface area contributed by atoms with Crippen molar-refractivity contribution in [1.82, 2.24) is 15.6 Å². The van der Waals surface area contributed by atoms with Gasteiger partial charge in [0.15, 0.2) is 5.78 Å². The number of hydrogen-bond donors (Lipinski definition) is 4. The average Bonchev–Trinajstić information content (AvgIpc) is 1.58. The zero-order valence-corrected chi connectivity index (χ0v) is 56.9. The summed E-state index contributed by atoms with van der Waals surface area (Å²) in [6.45, 7) is 21.8. The van der Waals surface area contributed by atoms with Gasteiger partial charge in [0.05, 0.1) is 96.0 Å². The van der Waals surface area contributed by atoms with Crippen LogP contribution in [0.3, 0.4) is 0 Å². The van der Waals surface area contributed by atoms with E-state index in [0.29, 0.717) is 121 Å². The van der Waals surface area contributed by atoms with E-state index in [4.69, 9.17) is 49.5 Å². The summed E-state index contributed by atoms with van der Waals surface area (Å²) in [5.74, 6) is -2.89. The number of ketones is 1. The summed E-state index contributed by atoms with van der Waals surface area (Å²) in [7, 11) is 1.39. The minimum atomic E-state index is -1.76. The zero-order chi connectivity index (χ0) is 68.2. The van der Waals surface area contributed by atoms with Crippen LogP contribution in [0.25, 0.3) is 11.1 Å². The second-order valence-electron chi connectivity index (χ2n) is 25.3. The summed E-state index contributed by atoms with van der Waals surface area (Å²) >= 11 is 6.33. The number of methoxy groups -OCH3 is 1. The number of Topliss-reactive ketones (excluding diaryl/α,β-unsaturated/α-hetero) is 1. The molecule has 2 saturated heterocycles. The van der Waals surface area contributed by atoms with Crippen molar-refractivity contribution in [3.8, 4) is 28.7 Å². The van der Waals surface area contributed by atoms with Crippen molar-refractivity contribution < 1.29 is 61.1 Å². The smallest absolute Gasteiger partial charge is 0.251 e. The number of H-pyrrole nitrogens is 1. The van der Waals surface area contributed by atoms with Crippen LogP contribution in [0, 0.1) is 56.1 Å². The first-order valence-electron chi connectivity index (χ1n) is 32.7. The Bertz CT molecular complexity index is 3680. The summed E-state index contributed by atoms with van der Waals surface area (Å²) in [4.78, 5) is 60.0. The van der Waals surface area contributed by atoms with Gasteiger partial charge in [0.2, 0.25) is 5.91 Å². The molecule has 4 atom stereocenters. The molecule has 5 aromatic carbocycles. The lowest BCUT2D eigenvalue weighted by Gasteiger charge is -2.37. The summed E-state index contributed by atoms with van der Waals surface area (Å²) in [5, 5.41) is 20.0. The van der Waals surface area contributed by atoms with Gasteiger partial charge in [-0.3, -0.25) is 19.2 Å². The number of pyridine rings is 1. The highest BCUT2D eigenvalue weighted by Crippen LogP contribution is 2.53. The molecule has 0 saturated carbocycles. The third kappa shape index (κ3) is 19.1. The van der Waals surface area contributed by atoms with Crippen LogP contribution in [0.4, 0.5) is 20.2 Å². The third-order valence-corrected chi connectivity index (χ3v) is 17.7. The van der Waals surface area contributed by atoms with Crippen LogP contribution in [-0.4, -0.2) is 147 Å². The van der Waals surface area contributed by atoms with Crippen LogP contribution in [0.1, 0.15) is 119 Å². The van der Waals surface area contributed by atoms with E-state index in [9.17, 15) is 24.4 Å². The molecular formula is C74H91ClF2N6O12. The van der Waals surface area contributed by atoms with Crippen LogP contribution >= 0.6 is 11.6 Å². The van der Waals surface area contributed by atoms with E-state index < -0.39 is 52.3 Å². The minimum Gasteiger partial charge on any atom is -0.495 e. The molecule has 95 heavy (non-hydrogen) atoms. The number of aromatic amines is 1. The molecule has 6 aromatic rings. The molecular weight excluding hydrogens is 1240 g/mol. The number of aryl methyl sites for hydroxylation is 3. The highest BCUT2D eigenvalue weighted by Gasteiger charge is 2.61. The number of nitrogens with one attached hydrogen (secondary N) is 4. The molecule has 0 aliphatic carbocycles. The average molecular weight is 1330 g/mol. The lowest BCUT2D eigenvalue weighted by Crippen LogP contribution is -2.45. The molecule has 510 valence electrons. The topological polar surface area (TPSA) is 221 Å². The zero-order valence-electron chi connectivity index (χ0n) is 56.1. The predicted molar refractivity (Wildman–Crippen MR) is 364 cm³/mol. The molecule has 4 N–H and O–H groups in total. The number of nitrogens with zero attached hydrogens (tertiary/aromatic N) is 2. The van der Waals surface area contributed by atoms with Gasteiger partial charge >= 0.3 is 0 Å². The highest BCUT2D eigenvalue weighted by molar-refractivity contribution is 6.30. The van der Waals surface area contributed by atoms with E-state index in [-0.39, 0.29) is 64.1 Å². The molecule has 8 rings (SSSR count). The first kappa shape index (κ1) is 73.2. The van der Waals surface area contributed by atoms with E-state index in [1.165, 1.54) is 55.6 Å². The Morgan fingerprint density at radius 3 is 2.06 bits per heavy atom. The fourth-order valence-electron chi connectivity index (χ4n) is 12.8. The van der Waals surface area contributed by atoms with Crippen molar-refractivity contribution in [2.75, 3.05) is 116 Å². The maximum Gasteiger partial charge on any atom is 0.251 e. The van der Waals surface area contributed by atoms with Gasteiger partial charge in [-0.05, 0) is 160 Å². The van der Waals surface area contributed by atoms with Gasteiger partial charge in [0, 0.05) is 84.4 Å². The standard InChI is InChI=1S/C74H91ClF2N6O12/c1-10-83(54-24-27-89-28-25-54)63-43-53(42-58(50(63)5)64(84)23-20-56-48(3)41-49(4)80-71(56)86)51-15-18-55(19-16-51)95-39-38-94-37-36-93-35-34-92-33-32-91-31-30-90-29-26-79-70(85)52-17-22-62(65(44-52)88-9)81-72(87)69-67(57-12-11-13-60(75)68(57)77)74(46-78,66(82-69)45-73(6,7)8)59-21-14-47(2)40-61(59)76/h11-19,21-22,40-44,54,66-67,69,82H,10,20,23-39,45H2,1-9H3,(H,79,85)(H,80,86)(H,81,87)/t66-,67-,69?,74-/m0/s1. The molecule has 2 fully saturated rings. The summed E-state index contributed by atoms with van der Waals surface area (Å²) in [6.07, 6.45) is 2.73. The van der Waals surface area contributed by atoms with E-state index in [2.05, 4.69) is 44.9 Å². The Morgan fingerprint density at radius 1 is 0.800 bits per heavy atom. The SMILES string of the molecule is CCN(c1cc(-c2ccc(OCCOCCOCCOCCOCCOCCNC(=O)c3ccc(NC(=O)C4N[C@@H](CC(C)(C)C)[C@](C#N)(c5ccc(C)cc5F)[C@H]4c4cccc(Cl)c4F)c(OC)c3)cc2)cc(C(=O)CCc2c(C)cc(C)[nH]c2=O)c1C)C1CCOCC1. The van der Waals surface area contributed by atoms with Crippen LogP contribution in [-0.2, 0) is 45.1 Å². The lowest BCUT2D eigenvalue weighted by atomic mass is 9.62. The number of benzene rings is 5. The fraction of sp³-hybridized carbons (Fsp3) is 0.473. The van der Waals surface area contributed by atoms with Gasteiger partial charge in [-0.2, -0.15) is 5.26 Å². The molecule has 3 heterocycles. The monoisotopic (exact) mass is 1330 g/mol. The van der Waals surface area contributed by atoms with Crippen LogP contribution in [0.2, 0.25) is 5.02 Å². The van der Waals surface area contributed by atoms with Crippen molar-refractivity contribution in [2.45, 2.75) is 117 Å². The third-order valence-electron chi connectivity index (χ3n) is 17.4. The summed E-state index contributed by atoms with van der Waals surface area (Å²) < 4.78 is 78.0. The Morgan fingerprint density at radius 2 is 1.45 bits per heavy atom. The van der Waals surface area contributed by atoms with Crippen molar-refractivity contribution in [2.24, 2.45) is 5.41 Å². The number of amides is 2. The van der Waals surface area contributed by atoms with Crippen molar-refractivity contribution in [3.63, 3.8) is 0 Å². The summed E-state index contributed by atoms with van der Waals surface area (Å²) in [6, 6.07) is 28.0. The number of rotatable bonds is 34. The second-order valence-corrected chi connectivity index (χ2v) is 25.7. The molecule has 0 spiro atoms. The van der Waals surface area contributed by atoms with E-state index in [1.54, 1.807) is 13.0 Å². The molecule has 18 nitrogen and oxygen atoms in total. The predicted octanol–water partition coefficient (Wildman–Crippen LogP) is 11.9. The number of halogens is 3. The molecule has 0 radical (unpaired) electrons. The van der Waals surface area contributed by atoms with Crippen molar-refractivity contribution in [1.29, 1.82) is 5.26 Å². The number of carbonyl (C=O) groups excluding carboxylic acids is 3. The largest absolute Gasteiger partial charge is 0.495 e. The number of anilines is 2. The second kappa shape index (κ2) is 34.9. The maximum atomic E-state index is 16.2. The number of ether oxygens (including phenoxy) is 8. The quantitative estimate of drug-likeness (QED) is 0.0218. The van der Waals surface area contributed by atoms with E-state index in [0.717, 1.165) is 53.0 Å². The Labute approximate surface area is 561 Å². The summed E-state index contributed by atoms with van der Waals surface area (Å²) in [5.41, 5.74) is 5.64. The number of hydrogen-bond acceptors (Lipinski definition) is 15. The molecule has 2 aliphatic rings. The van der Waals surface area contributed by atoms with Gasteiger partial charge in [0.1, 0.15) is 35.2 Å². The minimum absolute atomic E-state index is 0.000203. The van der Waals surface area contributed by atoms with Gasteiger partial charge in [-0.25, -0.2) is 8.78 Å². The molecule has 0 bridgehead atoms. The Kier molecular flexibility index (Phi) is 26.9. The fourth-order valence-corrected chi connectivity index (χ4v) is 12.9. The number of carbonyl (C=O) groups is 3. The van der Waals surface area contributed by atoms with Crippen LogP contribution in [0.5, 0.6) is 11.5 Å². The molecule has 2 amide bonds. The van der Waals surface area contributed by atoms with Gasteiger partial charge in [-0.1, -0.05) is 68.8 Å².